The molecule has 0 saturated carbocycles. The summed E-state index contributed by atoms with van der Waals surface area (Å²) in [6.45, 7) is 0. The molecule has 0 aliphatic heterocycles. The first-order valence-corrected chi connectivity index (χ1v) is 5.80. The molecule has 3 aromatic heterocycles. The third kappa shape index (κ3) is 1.52. The summed E-state index contributed by atoms with van der Waals surface area (Å²) < 4.78 is 5.21. The lowest BCUT2D eigenvalue weighted by atomic mass is 10.3. The Balaban J connectivity index is 2.23. The lowest BCUT2D eigenvalue weighted by molar-refractivity contribution is 0.0703. The molecule has 0 aromatic carbocycles. The normalized spacial score (nSPS) is 10.9. The summed E-state index contributed by atoms with van der Waals surface area (Å²) >= 11 is 1.01. The van der Waals surface area contributed by atoms with Gasteiger partial charge in [-0.2, -0.15) is 0 Å². The van der Waals surface area contributed by atoms with E-state index in [4.69, 9.17) is 15.3 Å². The van der Waals surface area contributed by atoms with Gasteiger partial charge < -0.3 is 15.3 Å². The van der Waals surface area contributed by atoms with Gasteiger partial charge in [-0.25, -0.2) is 14.8 Å². The van der Waals surface area contributed by atoms with Gasteiger partial charge in [0.15, 0.2) is 5.76 Å². The molecule has 0 radical (unpaired) electrons. The Kier molecular flexibility index (Phi) is 2.27. The quantitative estimate of drug-likeness (QED) is 0.733. The molecule has 18 heavy (non-hydrogen) atoms. The fraction of sp³-hybridized carbons (Fsp3) is 0. The van der Waals surface area contributed by atoms with Crippen LogP contribution in [0.4, 0.5) is 5.69 Å². The van der Waals surface area contributed by atoms with E-state index in [2.05, 4.69) is 9.97 Å². The predicted octanol–water partition coefficient (Wildman–Crippen LogP) is 2.23. The molecule has 7 heteroatoms. The maximum absolute atomic E-state index is 11.0. The maximum atomic E-state index is 11.0. The molecule has 6 nitrogen and oxygen atoms in total. The van der Waals surface area contributed by atoms with Crippen molar-refractivity contribution in [3.05, 3.63) is 29.5 Å². The first-order chi connectivity index (χ1) is 8.66. The van der Waals surface area contributed by atoms with Gasteiger partial charge in [0.1, 0.15) is 20.9 Å². The molecule has 0 spiro atoms. The van der Waals surface area contributed by atoms with E-state index in [1.807, 2.05) is 0 Å². The second kappa shape index (κ2) is 3.81. The zero-order valence-corrected chi connectivity index (χ0v) is 9.77. The summed E-state index contributed by atoms with van der Waals surface area (Å²) in [6, 6.07) is 3.48. The van der Waals surface area contributed by atoms with Crippen LogP contribution in [0.5, 0.6) is 0 Å². The van der Waals surface area contributed by atoms with Crippen molar-refractivity contribution < 1.29 is 14.3 Å². The average molecular weight is 261 g/mol. The van der Waals surface area contributed by atoms with E-state index < -0.39 is 5.97 Å². The first-order valence-electron chi connectivity index (χ1n) is 4.99. The number of carboxylic acid groups (broad SMARTS) is 1. The molecular weight excluding hydrogens is 254 g/mol. The smallest absolute Gasteiger partial charge is 0.348 e. The highest BCUT2D eigenvalue weighted by Gasteiger charge is 2.18. The molecule has 3 N–H and O–H groups in total. The van der Waals surface area contributed by atoms with E-state index in [0.29, 0.717) is 21.8 Å². The third-order valence-corrected chi connectivity index (χ3v) is 3.50. The number of aromatic nitrogens is 2. The lowest BCUT2D eigenvalue weighted by Gasteiger charge is -1.96. The highest BCUT2D eigenvalue weighted by molar-refractivity contribution is 7.21. The number of carbonyl (C=O) groups is 1. The Morgan fingerprint density at radius 3 is 3.00 bits per heavy atom. The van der Waals surface area contributed by atoms with Crippen LogP contribution in [0.2, 0.25) is 0 Å². The molecule has 0 unspecified atom stereocenters. The van der Waals surface area contributed by atoms with E-state index in [1.54, 1.807) is 12.1 Å². The van der Waals surface area contributed by atoms with Gasteiger partial charge in [0.2, 0.25) is 0 Å². The number of hydrogen-bond donors (Lipinski definition) is 2. The summed E-state index contributed by atoms with van der Waals surface area (Å²) in [7, 11) is 0. The van der Waals surface area contributed by atoms with Crippen LogP contribution in [-0.2, 0) is 0 Å². The lowest BCUT2D eigenvalue weighted by Crippen LogP contribution is -1.97. The van der Waals surface area contributed by atoms with Gasteiger partial charge in [0.25, 0.3) is 0 Å². The minimum atomic E-state index is -1.07. The molecule has 3 aromatic rings. The summed E-state index contributed by atoms with van der Waals surface area (Å²) in [5.74, 6) is -0.510. The van der Waals surface area contributed by atoms with Crippen molar-refractivity contribution in [1.82, 2.24) is 9.97 Å². The molecule has 0 aliphatic rings. The van der Waals surface area contributed by atoms with E-state index in [1.165, 1.54) is 12.5 Å². The van der Waals surface area contributed by atoms with Crippen molar-refractivity contribution in [2.45, 2.75) is 0 Å². The standard InChI is InChI=1S/C11H7N3O3S/c12-7-8-10(18-9(7)11(15)16)13-4-5(14-8)6-2-1-3-17-6/h1-4H,12H2,(H,15,16). The van der Waals surface area contributed by atoms with Crippen LogP contribution in [0.3, 0.4) is 0 Å². The highest BCUT2D eigenvalue weighted by Crippen LogP contribution is 2.32. The number of nitrogens with two attached hydrogens (primary N) is 1. The molecular formula is C11H7N3O3S. The van der Waals surface area contributed by atoms with Crippen molar-refractivity contribution in [3.8, 4) is 11.5 Å². The number of nitrogen functional groups attached to an aromatic ring is 1. The van der Waals surface area contributed by atoms with Crippen molar-refractivity contribution in [2.75, 3.05) is 5.73 Å². The van der Waals surface area contributed by atoms with Gasteiger partial charge in [-0.3, -0.25) is 0 Å². The Morgan fingerprint density at radius 2 is 2.33 bits per heavy atom. The number of nitrogens with zero attached hydrogens (tertiary/aromatic N) is 2. The van der Waals surface area contributed by atoms with E-state index in [-0.39, 0.29) is 10.6 Å². The number of hydrogen-bond acceptors (Lipinski definition) is 6. The molecule has 90 valence electrons. The van der Waals surface area contributed by atoms with Crippen LogP contribution in [-0.4, -0.2) is 21.0 Å². The largest absolute Gasteiger partial charge is 0.477 e. The number of carboxylic acids is 1. The third-order valence-electron chi connectivity index (χ3n) is 2.41. The van der Waals surface area contributed by atoms with Crippen molar-refractivity contribution >= 4 is 33.3 Å². The average Bonchev–Trinajstić information content (AvgIpc) is 2.97. The number of fused-ring (bicyclic) bond motifs is 1. The van der Waals surface area contributed by atoms with Gasteiger partial charge in [0.05, 0.1) is 18.1 Å². The molecule has 0 aliphatic carbocycles. The number of furan rings is 1. The minimum absolute atomic E-state index is 0.0570. The van der Waals surface area contributed by atoms with E-state index >= 15 is 0 Å². The number of anilines is 1. The van der Waals surface area contributed by atoms with Gasteiger partial charge in [-0.1, -0.05) is 0 Å². The molecule has 0 fully saturated rings. The molecule has 3 rings (SSSR count). The van der Waals surface area contributed by atoms with Crippen LogP contribution in [0.15, 0.2) is 29.0 Å². The summed E-state index contributed by atoms with van der Waals surface area (Å²) in [6.07, 6.45) is 3.06. The van der Waals surface area contributed by atoms with Gasteiger partial charge >= 0.3 is 5.97 Å². The summed E-state index contributed by atoms with van der Waals surface area (Å²) in [4.78, 5) is 20.0. The zero-order chi connectivity index (χ0) is 12.7. The van der Waals surface area contributed by atoms with E-state index in [0.717, 1.165) is 11.3 Å². The van der Waals surface area contributed by atoms with Crippen LogP contribution in [0.1, 0.15) is 9.67 Å². The monoisotopic (exact) mass is 261 g/mol. The van der Waals surface area contributed by atoms with Crippen LogP contribution in [0.25, 0.3) is 21.8 Å². The number of thiophene rings is 1. The van der Waals surface area contributed by atoms with Crippen LogP contribution in [0, 0.1) is 0 Å². The Labute approximate surface area is 105 Å². The predicted molar refractivity (Wildman–Crippen MR) is 66.5 cm³/mol. The summed E-state index contributed by atoms with van der Waals surface area (Å²) in [5.41, 5.74) is 6.82. The van der Waals surface area contributed by atoms with Crippen molar-refractivity contribution in [1.29, 1.82) is 0 Å². The zero-order valence-electron chi connectivity index (χ0n) is 8.95. The van der Waals surface area contributed by atoms with Crippen molar-refractivity contribution in [2.24, 2.45) is 0 Å². The molecule has 0 atom stereocenters. The summed E-state index contributed by atoms with van der Waals surface area (Å²) in [5, 5.41) is 8.98. The Morgan fingerprint density at radius 1 is 1.50 bits per heavy atom. The Hall–Kier alpha value is -2.41. The number of aromatic carboxylic acids is 1. The highest BCUT2D eigenvalue weighted by atomic mass is 32.1. The van der Waals surface area contributed by atoms with Gasteiger partial charge in [-0.15, -0.1) is 11.3 Å². The van der Waals surface area contributed by atoms with E-state index in [9.17, 15) is 4.79 Å². The fourth-order valence-corrected chi connectivity index (χ4v) is 2.43. The molecule has 3 heterocycles. The van der Waals surface area contributed by atoms with Crippen LogP contribution >= 0.6 is 11.3 Å². The fourth-order valence-electron chi connectivity index (χ4n) is 1.59. The molecule has 0 bridgehead atoms. The van der Waals surface area contributed by atoms with Gasteiger partial charge in [0, 0.05) is 0 Å². The molecule has 0 amide bonds. The maximum Gasteiger partial charge on any atom is 0.348 e. The van der Waals surface area contributed by atoms with Crippen molar-refractivity contribution in [3.63, 3.8) is 0 Å². The second-order valence-electron chi connectivity index (χ2n) is 3.54. The number of rotatable bonds is 2. The topological polar surface area (TPSA) is 102 Å². The second-order valence-corrected chi connectivity index (χ2v) is 4.54. The SMILES string of the molecule is Nc1c(C(=O)O)sc2ncc(-c3ccco3)nc12. The Bertz CT molecular complexity index is 733. The molecule has 0 saturated heterocycles. The minimum Gasteiger partial charge on any atom is -0.477 e. The first kappa shape index (κ1) is 10.7. The van der Waals surface area contributed by atoms with Gasteiger partial charge in [-0.05, 0) is 12.1 Å². The van der Waals surface area contributed by atoms with Crippen LogP contribution < -0.4 is 5.73 Å².